The molecule has 0 radical (unpaired) electrons. The Morgan fingerprint density at radius 2 is 2.32 bits per heavy atom. The summed E-state index contributed by atoms with van der Waals surface area (Å²) in [4.78, 5) is 15.6. The van der Waals surface area contributed by atoms with Gasteiger partial charge in [-0.1, -0.05) is 0 Å². The molecule has 5 N–H and O–H groups in total. The first-order valence-corrected chi connectivity index (χ1v) is 7.48. The van der Waals surface area contributed by atoms with Crippen LogP contribution in [0.25, 0.3) is 4.96 Å². The van der Waals surface area contributed by atoms with Gasteiger partial charge in [0.05, 0.1) is 6.54 Å². The van der Waals surface area contributed by atoms with E-state index in [0.29, 0.717) is 4.96 Å². The topological polar surface area (TPSA) is 131 Å². The van der Waals surface area contributed by atoms with Crippen molar-refractivity contribution >= 4 is 38.0 Å². The summed E-state index contributed by atoms with van der Waals surface area (Å²) in [5.74, 6) is 4.84. The van der Waals surface area contributed by atoms with Crippen LogP contribution < -0.4 is 21.3 Å². The average molecular weight is 304 g/mol. The van der Waals surface area contributed by atoms with E-state index in [1.807, 2.05) is 0 Å². The molecule has 0 aromatic carbocycles. The van der Waals surface area contributed by atoms with Gasteiger partial charge in [-0.3, -0.25) is 9.20 Å². The Labute approximate surface area is 112 Å². The van der Waals surface area contributed by atoms with Crippen LogP contribution in [0.15, 0.2) is 16.6 Å². The molecule has 0 aliphatic carbocycles. The maximum atomic E-state index is 12.2. The fraction of sp³-hybridized carbons (Fsp3) is 0.250. The number of thiazole rings is 1. The Hall–Kier alpha value is -1.69. The summed E-state index contributed by atoms with van der Waals surface area (Å²) in [6.07, 6.45) is 1.56. The van der Waals surface area contributed by atoms with Crippen molar-refractivity contribution in [1.29, 1.82) is 0 Å². The first-order chi connectivity index (χ1) is 8.99. The van der Waals surface area contributed by atoms with Crippen molar-refractivity contribution < 1.29 is 13.2 Å². The summed E-state index contributed by atoms with van der Waals surface area (Å²) < 4.78 is 27.9. The lowest BCUT2D eigenvalue weighted by Crippen LogP contribution is -2.36. The third kappa shape index (κ3) is 2.53. The van der Waals surface area contributed by atoms with Crippen LogP contribution in [0.3, 0.4) is 0 Å². The van der Waals surface area contributed by atoms with Crippen LogP contribution in [0.2, 0.25) is 0 Å². The normalized spacial score (nSPS) is 11.7. The zero-order chi connectivity index (χ0) is 14.0. The average Bonchev–Trinajstić information content (AvgIpc) is 2.94. The van der Waals surface area contributed by atoms with E-state index in [-0.39, 0.29) is 17.4 Å². The molecule has 2 rings (SSSR count). The van der Waals surface area contributed by atoms with Crippen LogP contribution in [-0.2, 0) is 14.8 Å². The number of carbonyl (C=O) groups excluding carboxylic acids is 1. The number of hydrazine groups is 1. The van der Waals surface area contributed by atoms with Crippen LogP contribution in [-0.4, -0.2) is 37.3 Å². The van der Waals surface area contributed by atoms with E-state index in [9.17, 15) is 13.2 Å². The molecule has 0 bridgehead atoms. The van der Waals surface area contributed by atoms with E-state index in [0.717, 1.165) is 0 Å². The van der Waals surface area contributed by atoms with E-state index in [1.165, 1.54) is 22.8 Å². The van der Waals surface area contributed by atoms with Crippen molar-refractivity contribution in [3.8, 4) is 0 Å². The van der Waals surface area contributed by atoms with Gasteiger partial charge in [-0.15, -0.1) is 11.3 Å². The molecule has 0 spiro atoms. The molecule has 0 aliphatic heterocycles. The van der Waals surface area contributed by atoms with E-state index in [4.69, 9.17) is 5.84 Å². The Morgan fingerprint density at radius 1 is 1.58 bits per heavy atom. The van der Waals surface area contributed by atoms with Gasteiger partial charge >= 0.3 is 0 Å². The molecule has 1 amide bonds. The standard InChI is InChI=1S/C8H12N6O3S2/c1-10-5(15)4-11-19(16,17)7-6(13-9)12-8-14(7)2-3-18-8/h2-3,11,13H,4,9H2,1H3,(H,10,15). The van der Waals surface area contributed by atoms with Crippen molar-refractivity contribution in [2.24, 2.45) is 5.84 Å². The molecule has 2 aromatic heterocycles. The fourth-order valence-corrected chi connectivity index (χ4v) is 3.43. The number of nitrogens with zero attached hydrogens (tertiary/aromatic N) is 2. The summed E-state index contributed by atoms with van der Waals surface area (Å²) in [6, 6.07) is 0. The minimum absolute atomic E-state index is 0.0243. The molecular weight excluding hydrogens is 292 g/mol. The second kappa shape index (κ2) is 5.13. The number of carbonyl (C=O) groups is 1. The lowest BCUT2D eigenvalue weighted by atomic mass is 10.6. The number of hydrogen-bond acceptors (Lipinski definition) is 7. The highest BCUT2D eigenvalue weighted by Gasteiger charge is 2.25. The Morgan fingerprint density at radius 3 is 2.95 bits per heavy atom. The quantitative estimate of drug-likeness (QED) is 0.401. The van der Waals surface area contributed by atoms with Crippen molar-refractivity contribution in [3.63, 3.8) is 0 Å². The number of nitrogens with one attached hydrogen (secondary N) is 3. The molecule has 104 valence electrons. The number of nitrogens with two attached hydrogens (primary N) is 1. The third-order valence-corrected chi connectivity index (χ3v) is 4.49. The molecule has 0 unspecified atom stereocenters. The van der Waals surface area contributed by atoms with Crippen LogP contribution in [0.1, 0.15) is 0 Å². The van der Waals surface area contributed by atoms with Crippen LogP contribution >= 0.6 is 11.3 Å². The van der Waals surface area contributed by atoms with Gasteiger partial charge in [0.15, 0.2) is 10.8 Å². The minimum atomic E-state index is -3.91. The van der Waals surface area contributed by atoms with Crippen LogP contribution in [0.4, 0.5) is 5.82 Å². The van der Waals surface area contributed by atoms with E-state index >= 15 is 0 Å². The molecule has 11 heteroatoms. The molecular formula is C8H12N6O3S2. The van der Waals surface area contributed by atoms with Gasteiger partial charge in [-0.25, -0.2) is 19.0 Å². The number of sulfonamides is 1. The van der Waals surface area contributed by atoms with E-state index in [2.05, 4.69) is 20.4 Å². The molecule has 0 saturated heterocycles. The Balaban J connectivity index is 2.41. The van der Waals surface area contributed by atoms with Crippen LogP contribution in [0.5, 0.6) is 0 Å². The number of rotatable bonds is 5. The fourth-order valence-electron chi connectivity index (χ4n) is 1.43. The summed E-state index contributed by atoms with van der Waals surface area (Å²) >= 11 is 1.27. The van der Waals surface area contributed by atoms with E-state index < -0.39 is 15.9 Å². The van der Waals surface area contributed by atoms with Crippen molar-refractivity contribution in [2.45, 2.75) is 5.03 Å². The van der Waals surface area contributed by atoms with Gasteiger partial charge in [0.25, 0.3) is 10.0 Å². The van der Waals surface area contributed by atoms with Gasteiger partial charge in [0, 0.05) is 18.6 Å². The number of hydrogen-bond donors (Lipinski definition) is 4. The molecule has 0 aliphatic rings. The van der Waals surface area contributed by atoms with Gasteiger partial charge in [-0.05, 0) is 0 Å². The summed E-state index contributed by atoms with van der Waals surface area (Å²) in [5, 5.41) is 3.88. The second-order valence-corrected chi connectivity index (χ2v) is 6.02. The van der Waals surface area contributed by atoms with E-state index in [1.54, 1.807) is 11.6 Å². The number of anilines is 1. The summed E-state index contributed by atoms with van der Waals surface area (Å²) in [7, 11) is -2.49. The predicted octanol–water partition coefficient (Wildman–Crippen LogP) is -1.29. The van der Waals surface area contributed by atoms with Crippen molar-refractivity contribution in [1.82, 2.24) is 19.4 Å². The number of aromatic nitrogens is 2. The molecule has 19 heavy (non-hydrogen) atoms. The maximum absolute atomic E-state index is 12.2. The molecule has 0 atom stereocenters. The van der Waals surface area contributed by atoms with Gasteiger partial charge in [0.2, 0.25) is 10.9 Å². The lowest BCUT2D eigenvalue weighted by molar-refractivity contribution is -0.119. The Kier molecular flexibility index (Phi) is 3.71. The molecule has 9 nitrogen and oxygen atoms in total. The van der Waals surface area contributed by atoms with Gasteiger partial charge in [-0.2, -0.15) is 4.98 Å². The maximum Gasteiger partial charge on any atom is 0.260 e. The van der Waals surface area contributed by atoms with Gasteiger partial charge in [0.1, 0.15) is 0 Å². The molecule has 2 aromatic rings. The monoisotopic (exact) mass is 304 g/mol. The largest absolute Gasteiger partial charge is 0.358 e. The van der Waals surface area contributed by atoms with Crippen molar-refractivity contribution in [3.05, 3.63) is 11.6 Å². The lowest BCUT2D eigenvalue weighted by Gasteiger charge is -2.06. The third-order valence-electron chi connectivity index (χ3n) is 2.31. The highest BCUT2D eigenvalue weighted by atomic mass is 32.2. The number of amides is 1. The highest BCUT2D eigenvalue weighted by molar-refractivity contribution is 7.89. The highest BCUT2D eigenvalue weighted by Crippen LogP contribution is 2.24. The predicted molar refractivity (Wildman–Crippen MR) is 70.1 cm³/mol. The second-order valence-electron chi connectivity index (χ2n) is 3.46. The summed E-state index contributed by atoms with van der Waals surface area (Å²) in [5.41, 5.74) is 2.23. The number of fused-ring (bicyclic) bond motifs is 1. The van der Waals surface area contributed by atoms with Crippen molar-refractivity contribution in [2.75, 3.05) is 19.0 Å². The SMILES string of the molecule is CNC(=O)CNS(=O)(=O)c1c(NN)nc2sccn12. The first-order valence-electron chi connectivity index (χ1n) is 5.12. The first kappa shape index (κ1) is 13.7. The molecule has 2 heterocycles. The molecule has 0 fully saturated rings. The number of likely N-dealkylation sites (N-methyl/N-ethyl adjacent to an activating group) is 1. The summed E-state index contributed by atoms with van der Waals surface area (Å²) in [6.45, 7) is -0.361. The number of nitrogen functional groups attached to an aromatic ring is 1. The number of imidazole rings is 1. The smallest absolute Gasteiger partial charge is 0.260 e. The van der Waals surface area contributed by atoms with Crippen LogP contribution in [0, 0.1) is 0 Å². The Bertz CT molecular complexity index is 703. The zero-order valence-electron chi connectivity index (χ0n) is 9.87. The van der Waals surface area contributed by atoms with Gasteiger partial charge < -0.3 is 10.7 Å². The minimum Gasteiger partial charge on any atom is -0.358 e. The molecule has 0 saturated carbocycles. The zero-order valence-corrected chi connectivity index (χ0v) is 11.5.